The number of hydrogen-bond acceptors (Lipinski definition) is 2. The van der Waals surface area contributed by atoms with E-state index in [4.69, 9.17) is 5.73 Å². The van der Waals surface area contributed by atoms with Gasteiger partial charge in [0.25, 0.3) is 5.91 Å². The van der Waals surface area contributed by atoms with Crippen LogP contribution in [0.3, 0.4) is 0 Å². The average molecular weight is 306 g/mol. The number of allylic oxidation sites excluding steroid dienone is 2. The lowest BCUT2D eigenvalue weighted by molar-refractivity contribution is -0.131. The van der Waals surface area contributed by atoms with Crippen molar-refractivity contribution in [3.8, 4) is 0 Å². The molecule has 0 saturated carbocycles. The number of nitrogens with zero attached hydrogens (tertiary/aromatic N) is 1. The van der Waals surface area contributed by atoms with E-state index >= 15 is 0 Å². The van der Waals surface area contributed by atoms with Gasteiger partial charge in [-0.15, -0.1) is 0 Å². The molecular formula is C18H30N2O2. The van der Waals surface area contributed by atoms with Crippen LogP contribution in [0, 0.1) is 0 Å². The van der Waals surface area contributed by atoms with Gasteiger partial charge in [-0.05, 0) is 19.4 Å². The van der Waals surface area contributed by atoms with Gasteiger partial charge in [0.15, 0.2) is 0 Å². The lowest BCUT2D eigenvalue weighted by Crippen LogP contribution is -2.38. The minimum Gasteiger partial charge on any atom is -0.364 e. The number of primary amides is 1. The number of amides is 2. The standard InChI is InChI=1S/C18H30N2O2/c1-3-4-5-6-7-8-9-10-11-17(21)20-13-12-15(2)14-16(20)18(19)22/h12,14H,3-11,13H2,1-2H3,(H2,19,22). The Kier molecular flexibility index (Phi) is 8.56. The fourth-order valence-corrected chi connectivity index (χ4v) is 2.67. The van der Waals surface area contributed by atoms with Crippen LogP contribution in [0.1, 0.15) is 71.6 Å². The largest absolute Gasteiger partial charge is 0.364 e. The van der Waals surface area contributed by atoms with Crippen molar-refractivity contribution in [2.24, 2.45) is 5.73 Å². The summed E-state index contributed by atoms with van der Waals surface area (Å²) in [5.74, 6) is -0.531. The van der Waals surface area contributed by atoms with Crippen molar-refractivity contribution >= 4 is 11.8 Å². The second kappa shape index (κ2) is 10.2. The topological polar surface area (TPSA) is 63.4 Å². The molecule has 0 aromatic heterocycles. The Morgan fingerprint density at radius 1 is 1.09 bits per heavy atom. The predicted octanol–water partition coefficient (Wildman–Crippen LogP) is 3.67. The second-order valence-electron chi connectivity index (χ2n) is 6.07. The van der Waals surface area contributed by atoms with Gasteiger partial charge in [-0.25, -0.2) is 0 Å². The highest BCUT2D eigenvalue weighted by atomic mass is 16.2. The lowest BCUT2D eigenvalue weighted by Gasteiger charge is -2.25. The predicted molar refractivity (Wildman–Crippen MR) is 90.0 cm³/mol. The van der Waals surface area contributed by atoms with Gasteiger partial charge in [-0.1, -0.05) is 63.5 Å². The maximum Gasteiger partial charge on any atom is 0.265 e. The summed E-state index contributed by atoms with van der Waals surface area (Å²) in [6.45, 7) is 4.58. The zero-order valence-electron chi connectivity index (χ0n) is 14.1. The second-order valence-corrected chi connectivity index (χ2v) is 6.07. The summed E-state index contributed by atoms with van der Waals surface area (Å²) in [5.41, 5.74) is 6.66. The maximum atomic E-state index is 12.2. The smallest absolute Gasteiger partial charge is 0.265 e. The third-order valence-corrected chi connectivity index (χ3v) is 4.05. The highest BCUT2D eigenvalue weighted by molar-refractivity contribution is 5.97. The van der Waals surface area contributed by atoms with Crippen molar-refractivity contribution in [2.45, 2.75) is 71.6 Å². The third kappa shape index (κ3) is 6.46. The van der Waals surface area contributed by atoms with Gasteiger partial charge in [0.05, 0.1) is 0 Å². The molecule has 2 N–H and O–H groups in total. The van der Waals surface area contributed by atoms with E-state index in [1.165, 1.54) is 43.4 Å². The summed E-state index contributed by atoms with van der Waals surface area (Å²) in [7, 11) is 0. The third-order valence-electron chi connectivity index (χ3n) is 4.05. The Morgan fingerprint density at radius 3 is 2.27 bits per heavy atom. The highest BCUT2D eigenvalue weighted by Crippen LogP contribution is 2.17. The fraction of sp³-hybridized carbons (Fsp3) is 0.667. The molecule has 0 aliphatic carbocycles. The first-order valence-electron chi connectivity index (χ1n) is 8.55. The summed E-state index contributed by atoms with van der Waals surface area (Å²) < 4.78 is 0. The van der Waals surface area contributed by atoms with Crippen LogP contribution in [-0.4, -0.2) is 23.3 Å². The Labute approximate surface area is 134 Å². The van der Waals surface area contributed by atoms with E-state index < -0.39 is 5.91 Å². The van der Waals surface area contributed by atoms with Crippen LogP contribution < -0.4 is 5.73 Å². The van der Waals surface area contributed by atoms with Crippen LogP contribution in [0.4, 0.5) is 0 Å². The minimum atomic E-state index is -0.531. The van der Waals surface area contributed by atoms with Crippen LogP contribution in [0.15, 0.2) is 23.4 Å². The van der Waals surface area contributed by atoms with E-state index in [2.05, 4.69) is 6.92 Å². The number of nitrogens with two attached hydrogens (primary N) is 1. The van der Waals surface area contributed by atoms with Crippen LogP contribution in [0.5, 0.6) is 0 Å². The Hall–Kier alpha value is -1.58. The summed E-state index contributed by atoms with van der Waals surface area (Å²) in [5, 5.41) is 0. The molecule has 0 saturated heterocycles. The Balaban J connectivity index is 2.25. The molecule has 0 spiro atoms. The molecule has 0 fully saturated rings. The molecular weight excluding hydrogens is 276 g/mol. The van der Waals surface area contributed by atoms with Gasteiger partial charge in [0.1, 0.15) is 5.70 Å². The van der Waals surface area contributed by atoms with E-state index in [0.717, 1.165) is 18.4 Å². The molecule has 1 heterocycles. The Bertz CT molecular complexity index is 438. The van der Waals surface area contributed by atoms with Crippen molar-refractivity contribution < 1.29 is 9.59 Å². The SMILES string of the molecule is CCCCCCCCCCC(=O)N1CC=C(C)C=C1C(N)=O. The van der Waals surface area contributed by atoms with E-state index in [0.29, 0.717) is 18.7 Å². The van der Waals surface area contributed by atoms with E-state index in [1.807, 2.05) is 13.0 Å². The van der Waals surface area contributed by atoms with Crippen LogP contribution in [0.2, 0.25) is 0 Å². The van der Waals surface area contributed by atoms with E-state index in [1.54, 1.807) is 6.08 Å². The molecule has 2 amide bonds. The molecule has 22 heavy (non-hydrogen) atoms. The summed E-state index contributed by atoms with van der Waals surface area (Å²) in [6.07, 6.45) is 13.8. The molecule has 0 unspecified atom stereocenters. The van der Waals surface area contributed by atoms with Crippen molar-refractivity contribution in [2.75, 3.05) is 6.54 Å². The average Bonchev–Trinajstić information content (AvgIpc) is 2.49. The zero-order chi connectivity index (χ0) is 16.4. The summed E-state index contributed by atoms with van der Waals surface area (Å²) >= 11 is 0. The first kappa shape index (κ1) is 18.5. The number of carbonyl (C=O) groups is 2. The van der Waals surface area contributed by atoms with Gasteiger partial charge in [-0.3, -0.25) is 9.59 Å². The maximum absolute atomic E-state index is 12.2. The van der Waals surface area contributed by atoms with E-state index in [9.17, 15) is 9.59 Å². The minimum absolute atomic E-state index is 0.000201. The van der Waals surface area contributed by atoms with Crippen molar-refractivity contribution in [1.82, 2.24) is 4.90 Å². The number of hydrogen-bond donors (Lipinski definition) is 1. The molecule has 0 aromatic rings. The number of unbranched alkanes of at least 4 members (excludes halogenated alkanes) is 7. The molecule has 1 rings (SSSR count). The van der Waals surface area contributed by atoms with E-state index in [-0.39, 0.29) is 5.91 Å². The van der Waals surface area contributed by atoms with Crippen LogP contribution in [0.25, 0.3) is 0 Å². The van der Waals surface area contributed by atoms with Gasteiger partial charge >= 0.3 is 0 Å². The zero-order valence-corrected chi connectivity index (χ0v) is 14.1. The van der Waals surface area contributed by atoms with Crippen LogP contribution >= 0.6 is 0 Å². The lowest BCUT2D eigenvalue weighted by atomic mass is 10.1. The van der Waals surface area contributed by atoms with Gasteiger partial charge < -0.3 is 10.6 Å². The molecule has 0 radical (unpaired) electrons. The monoisotopic (exact) mass is 306 g/mol. The Morgan fingerprint density at radius 2 is 1.68 bits per heavy atom. The molecule has 1 aliphatic rings. The van der Waals surface area contributed by atoms with Gasteiger partial charge in [0, 0.05) is 13.0 Å². The summed E-state index contributed by atoms with van der Waals surface area (Å²) in [6, 6.07) is 0. The van der Waals surface area contributed by atoms with Crippen molar-refractivity contribution in [3.05, 3.63) is 23.4 Å². The molecule has 4 heteroatoms. The van der Waals surface area contributed by atoms with Gasteiger partial charge in [0.2, 0.25) is 5.91 Å². The van der Waals surface area contributed by atoms with Crippen molar-refractivity contribution in [1.29, 1.82) is 0 Å². The molecule has 0 bridgehead atoms. The number of carbonyl (C=O) groups excluding carboxylic acids is 2. The molecule has 1 aliphatic heterocycles. The normalized spacial score (nSPS) is 14.5. The number of rotatable bonds is 10. The molecule has 0 aromatic carbocycles. The van der Waals surface area contributed by atoms with Gasteiger partial charge in [-0.2, -0.15) is 0 Å². The highest BCUT2D eigenvalue weighted by Gasteiger charge is 2.22. The molecule has 4 nitrogen and oxygen atoms in total. The fourth-order valence-electron chi connectivity index (χ4n) is 2.67. The summed E-state index contributed by atoms with van der Waals surface area (Å²) in [4.78, 5) is 25.2. The van der Waals surface area contributed by atoms with Crippen LogP contribution in [-0.2, 0) is 9.59 Å². The first-order valence-corrected chi connectivity index (χ1v) is 8.55. The molecule has 0 atom stereocenters. The molecule has 124 valence electrons. The van der Waals surface area contributed by atoms with Crippen molar-refractivity contribution in [3.63, 3.8) is 0 Å². The quantitative estimate of drug-likeness (QED) is 0.626. The first-order chi connectivity index (χ1) is 10.6.